The Morgan fingerprint density at radius 3 is 2.60 bits per heavy atom. The van der Waals surface area contributed by atoms with Gasteiger partial charge >= 0.3 is 0 Å². The van der Waals surface area contributed by atoms with Crippen molar-refractivity contribution in [3.05, 3.63) is 23.8 Å². The summed E-state index contributed by atoms with van der Waals surface area (Å²) >= 11 is 0. The summed E-state index contributed by atoms with van der Waals surface area (Å²) in [5.74, 6) is 1.25. The Hall–Kier alpha value is -1.22. The van der Waals surface area contributed by atoms with Crippen molar-refractivity contribution < 1.29 is 4.74 Å². The molecule has 0 saturated carbocycles. The lowest BCUT2D eigenvalue weighted by Crippen LogP contribution is -2.19. The second-order valence-electron chi connectivity index (χ2n) is 4.13. The van der Waals surface area contributed by atoms with Crippen LogP contribution in [0.3, 0.4) is 0 Å². The van der Waals surface area contributed by atoms with Crippen molar-refractivity contribution in [3.63, 3.8) is 0 Å². The molecule has 1 unspecified atom stereocenters. The first-order chi connectivity index (χ1) is 7.06. The smallest absolute Gasteiger partial charge is 0.124 e. The van der Waals surface area contributed by atoms with E-state index in [9.17, 15) is 0 Å². The van der Waals surface area contributed by atoms with E-state index in [2.05, 4.69) is 25.9 Å². The summed E-state index contributed by atoms with van der Waals surface area (Å²) in [5.41, 5.74) is 7.89. The van der Waals surface area contributed by atoms with E-state index in [4.69, 9.17) is 10.5 Å². The number of hydrogen-bond donors (Lipinski definition) is 1. The molecule has 0 bridgehead atoms. The highest BCUT2D eigenvalue weighted by molar-refractivity contribution is 5.56. The van der Waals surface area contributed by atoms with Gasteiger partial charge < -0.3 is 15.4 Å². The summed E-state index contributed by atoms with van der Waals surface area (Å²) in [6.45, 7) is 3.12. The Morgan fingerprint density at radius 2 is 2.07 bits per heavy atom. The number of methoxy groups -OCH3 is 1. The molecule has 0 radical (unpaired) electrons. The number of ether oxygens (including phenoxy) is 1. The lowest BCUT2D eigenvalue weighted by molar-refractivity contribution is 0.368. The molecule has 0 aliphatic carbocycles. The van der Waals surface area contributed by atoms with Crippen molar-refractivity contribution in [1.82, 2.24) is 4.90 Å². The maximum absolute atomic E-state index is 5.98. The molecule has 1 aromatic rings. The summed E-state index contributed by atoms with van der Waals surface area (Å²) in [5, 5.41) is 0. The van der Waals surface area contributed by atoms with Crippen LogP contribution in [0.15, 0.2) is 18.2 Å². The summed E-state index contributed by atoms with van der Waals surface area (Å²) in [4.78, 5) is 2.15. The van der Waals surface area contributed by atoms with Crippen molar-refractivity contribution in [3.8, 4) is 5.75 Å². The predicted molar refractivity (Wildman–Crippen MR) is 64.4 cm³/mol. The summed E-state index contributed by atoms with van der Waals surface area (Å²) in [7, 11) is 5.80. The molecule has 0 aromatic heterocycles. The van der Waals surface area contributed by atoms with Crippen LogP contribution in [0.1, 0.15) is 18.4 Å². The molecular weight excluding hydrogens is 188 g/mol. The standard InChI is InChI=1S/C12H20N2O/c1-9(8-14(2)3)12-10(13)6-5-7-11(12)15-4/h5-7,9H,8,13H2,1-4H3. The van der Waals surface area contributed by atoms with Crippen molar-refractivity contribution in [1.29, 1.82) is 0 Å². The number of nitrogens with zero attached hydrogens (tertiary/aromatic N) is 1. The zero-order valence-corrected chi connectivity index (χ0v) is 9.95. The molecule has 84 valence electrons. The molecule has 1 atom stereocenters. The summed E-state index contributed by atoms with van der Waals surface area (Å²) in [6.07, 6.45) is 0. The number of nitrogen functional groups attached to an aromatic ring is 1. The van der Waals surface area contributed by atoms with Gasteiger partial charge in [-0.25, -0.2) is 0 Å². The Morgan fingerprint density at radius 1 is 1.40 bits per heavy atom. The largest absolute Gasteiger partial charge is 0.496 e. The molecule has 1 rings (SSSR count). The van der Waals surface area contributed by atoms with Gasteiger partial charge in [-0.2, -0.15) is 0 Å². The monoisotopic (exact) mass is 208 g/mol. The van der Waals surface area contributed by atoms with Crippen LogP contribution >= 0.6 is 0 Å². The van der Waals surface area contributed by atoms with Crippen LogP contribution < -0.4 is 10.5 Å². The van der Waals surface area contributed by atoms with Gasteiger partial charge in [-0.1, -0.05) is 13.0 Å². The highest BCUT2D eigenvalue weighted by atomic mass is 16.5. The minimum atomic E-state index is 0.371. The van der Waals surface area contributed by atoms with Gasteiger partial charge in [0.25, 0.3) is 0 Å². The molecule has 1 aromatic carbocycles. The molecular formula is C12H20N2O. The zero-order valence-electron chi connectivity index (χ0n) is 9.95. The summed E-state index contributed by atoms with van der Waals surface area (Å²) in [6, 6.07) is 5.79. The van der Waals surface area contributed by atoms with Crippen LogP contribution in [0.2, 0.25) is 0 Å². The third kappa shape index (κ3) is 2.86. The van der Waals surface area contributed by atoms with Gasteiger partial charge in [0.2, 0.25) is 0 Å². The van der Waals surface area contributed by atoms with Gasteiger partial charge in [0.05, 0.1) is 7.11 Å². The molecule has 0 aliphatic rings. The van der Waals surface area contributed by atoms with E-state index in [1.807, 2.05) is 18.2 Å². The van der Waals surface area contributed by atoms with Crippen molar-refractivity contribution >= 4 is 5.69 Å². The molecule has 0 spiro atoms. The predicted octanol–water partition coefficient (Wildman–Crippen LogP) is 1.94. The molecule has 0 amide bonds. The lowest BCUT2D eigenvalue weighted by atomic mass is 9.98. The fourth-order valence-electron chi connectivity index (χ4n) is 1.91. The second kappa shape index (κ2) is 5.03. The molecule has 2 N–H and O–H groups in total. The van der Waals surface area contributed by atoms with Crippen LogP contribution in [-0.4, -0.2) is 32.6 Å². The third-order valence-electron chi connectivity index (χ3n) is 2.45. The fraction of sp³-hybridized carbons (Fsp3) is 0.500. The van der Waals surface area contributed by atoms with Gasteiger partial charge in [-0.3, -0.25) is 0 Å². The third-order valence-corrected chi connectivity index (χ3v) is 2.45. The van der Waals surface area contributed by atoms with Crippen LogP contribution in [0.25, 0.3) is 0 Å². The first kappa shape index (κ1) is 11.9. The topological polar surface area (TPSA) is 38.5 Å². The Bertz CT molecular complexity index is 323. The van der Waals surface area contributed by atoms with Gasteiger partial charge in [-0.05, 0) is 32.1 Å². The average Bonchev–Trinajstić information content (AvgIpc) is 2.15. The minimum absolute atomic E-state index is 0.371. The second-order valence-corrected chi connectivity index (χ2v) is 4.13. The Kier molecular flexibility index (Phi) is 3.97. The molecule has 3 heteroatoms. The van der Waals surface area contributed by atoms with Crippen LogP contribution in [0.4, 0.5) is 5.69 Å². The quantitative estimate of drug-likeness (QED) is 0.768. The maximum Gasteiger partial charge on any atom is 0.124 e. The average molecular weight is 208 g/mol. The number of benzene rings is 1. The lowest BCUT2D eigenvalue weighted by Gasteiger charge is -2.21. The molecule has 3 nitrogen and oxygen atoms in total. The van der Waals surface area contributed by atoms with Crippen molar-refractivity contribution in [2.45, 2.75) is 12.8 Å². The number of anilines is 1. The minimum Gasteiger partial charge on any atom is -0.496 e. The molecule has 15 heavy (non-hydrogen) atoms. The maximum atomic E-state index is 5.98. The van der Waals surface area contributed by atoms with E-state index in [1.165, 1.54) is 0 Å². The van der Waals surface area contributed by atoms with Crippen LogP contribution in [0, 0.1) is 0 Å². The van der Waals surface area contributed by atoms with Crippen LogP contribution in [0.5, 0.6) is 5.75 Å². The van der Waals surface area contributed by atoms with E-state index >= 15 is 0 Å². The van der Waals surface area contributed by atoms with Crippen LogP contribution in [-0.2, 0) is 0 Å². The van der Waals surface area contributed by atoms with E-state index in [-0.39, 0.29) is 0 Å². The van der Waals surface area contributed by atoms with Gasteiger partial charge in [-0.15, -0.1) is 0 Å². The number of rotatable bonds is 4. The van der Waals surface area contributed by atoms with Crippen molar-refractivity contribution in [2.75, 3.05) is 33.5 Å². The van der Waals surface area contributed by atoms with E-state index in [1.54, 1.807) is 7.11 Å². The summed E-state index contributed by atoms with van der Waals surface area (Å²) < 4.78 is 5.33. The highest BCUT2D eigenvalue weighted by Gasteiger charge is 2.14. The highest BCUT2D eigenvalue weighted by Crippen LogP contribution is 2.31. The van der Waals surface area contributed by atoms with Gasteiger partial charge in [0.15, 0.2) is 0 Å². The zero-order chi connectivity index (χ0) is 11.4. The SMILES string of the molecule is COc1cccc(N)c1C(C)CN(C)C. The number of nitrogens with two attached hydrogens (primary N) is 1. The first-order valence-electron chi connectivity index (χ1n) is 5.13. The Labute approximate surface area is 91.8 Å². The normalized spacial score (nSPS) is 12.9. The van der Waals surface area contributed by atoms with E-state index in [0.717, 1.165) is 23.5 Å². The van der Waals surface area contributed by atoms with E-state index < -0.39 is 0 Å². The fourth-order valence-corrected chi connectivity index (χ4v) is 1.91. The number of likely N-dealkylation sites (N-methyl/N-ethyl adjacent to an activating group) is 1. The molecule has 0 heterocycles. The Balaban J connectivity index is 3.00. The molecule has 0 fully saturated rings. The number of hydrogen-bond acceptors (Lipinski definition) is 3. The molecule has 0 aliphatic heterocycles. The van der Waals surface area contributed by atoms with Gasteiger partial charge in [0, 0.05) is 17.8 Å². The van der Waals surface area contributed by atoms with E-state index in [0.29, 0.717) is 5.92 Å². The molecule has 0 saturated heterocycles. The first-order valence-corrected chi connectivity index (χ1v) is 5.13. The van der Waals surface area contributed by atoms with Crippen molar-refractivity contribution in [2.24, 2.45) is 0 Å². The van der Waals surface area contributed by atoms with Gasteiger partial charge in [0.1, 0.15) is 5.75 Å².